The fourth-order valence-electron chi connectivity index (χ4n) is 16.8. The van der Waals surface area contributed by atoms with Crippen LogP contribution in [0.2, 0.25) is 0 Å². The van der Waals surface area contributed by atoms with Crippen molar-refractivity contribution in [3.63, 3.8) is 0 Å². The number of hydrogen-bond acceptors (Lipinski definition) is 32. The topological polar surface area (TPSA) is 340 Å². The number of thiophene rings is 2. The number of likely N-dealkylation sites (N-methyl/N-ethyl adjacent to an activating group) is 1. The molecule has 4 aliphatic heterocycles. The SMILES string of the molecule is C=C(c1ccccc1)c1cc2cnc(Nc3ccc(N4CCNCC4C)c(F)c3)nc2n(Cc2cnsc2S(=O)(=O)C(C)C)c1=O.CC1CN(c2ccc(Nc3ncc4cc(C5CCCCN5C)c(=O)n(Cc5sccc5S(C)=O)c4n3)cc2F)CCN1.Cc1scnc1-c1cc2cnc(Nc3ccc(C4CN(C)CCS4)cc3)nc2n(Cc2ccsc2S(=O)(=O)c2nccs2)c1=O. The van der Waals surface area contributed by atoms with Gasteiger partial charge in [0.2, 0.25) is 32.0 Å². The first-order chi connectivity index (χ1) is 64.1. The number of piperidine rings is 1. The summed E-state index contributed by atoms with van der Waals surface area (Å²) in [6, 6.07) is 37.0. The number of aryl methyl sites for hydroxylation is 1. The molecule has 15 heterocycles. The van der Waals surface area contributed by atoms with Crippen molar-refractivity contribution in [3.8, 4) is 11.3 Å². The zero-order chi connectivity index (χ0) is 93.1. The normalized spacial score (nSPS) is 17.2. The Bertz CT molecular complexity index is 7300. The van der Waals surface area contributed by atoms with Crippen molar-refractivity contribution in [1.82, 2.24) is 78.4 Å². The Balaban J connectivity index is 0.000000139. The number of thiazole rings is 2. The number of anilines is 8. The minimum Gasteiger partial charge on any atom is -0.366 e. The van der Waals surface area contributed by atoms with Crippen LogP contribution in [-0.4, -0.2) is 191 Å². The van der Waals surface area contributed by atoms with E-state index in [-0.39, 0.29) is 84.8 Å². The molecule has 0 radical (unpaired) electrons. The molecule has 0 aliphatic carbocycles. The molecule has 4 aliphatic rings. The number of nitrogens with one attached hydrogen (secondary N) is 5. The lowest BCUT2D eigenvalue weighted by molar-refractivity contribution is 0.186. The third kappa shape index (κ3) is 20.5. The Labute approximate surface area is 794 Å². The lowest BCUT2D eigenvalue weighted by Crippen LogP contribution is -2.50. The number of aromatic nitrogens is 12. The van der Waals surface area contributed by atoms with E-state index >= 15 is 8.78 Å². The lowest BCUT2D eigenvalue weighted by Gasteiger charge is -2.36. The molecule has 5 N–H and O–H groups in total. The van der Waals surface area contributed by atoms with Crippen LogP contribution in [0.15, 0.2) is 213 Å². The monoisotopic (exact) mass is 1960 g/mol. The van der Waals surface area contributed by atoms with Gasteiger partial charge in [0.25, 0.3) is 16.7 Å². The highest BCUT2D eigenvalue weighted by atomic mass is 32.3. The number of hydrogen-bond donors (Lipinski definition) is 5. The molecule has 11 aromatic heterocycles. The summed E-state index contributed by atoms with van der Waals surface area (Å²) in [4.78, 5) is 89.8. The van der Waals surface area contributed by atoms with Gasteiger partial charge in [-0.25, -0.2) is 50.5 Å². The van der Waals surface area contributed by atoms with Gasteiger partial charge in [0.15, 0.2) is 9.84 Å². The molecule has 40 heteroatoms. The van der Waals surface area contributed by atoms with Crippen LogP contribution >= 0.6 is 68.6 Å². The average molecular weight is 1960 g/mol. The van der Waals surface area contributed by atoms with E-state index in [0.717, 1.165) is 148 Å². The standard InChI is InChI=1S/C33H34FN7O3S2.C30H36FN7O2S2.C30H27N7O3S5/c1-20(2)46(43,44)32-25(18-37-45-32)19-41-30-24(14-27(31(41)42)22(4)23-8-6-5-7-9-23)17-36-33(39-30)38-26-10-11-29(28(34)15-26)40-13-12-35-16-21(40)3;1-19-17-37(12-10-32-19)25-8-7-21(15-23(25)31)34-30-33-16-20-14-22(24-6-4-5-11-36(24)2)29(39)38(28(20)35-30)18-26-27(42(3)40)9-13-41-26;1-18-25(33-17-44-18)23-13-21-14-32-29(34-22-5-3-19(4-6-22)24-16-36(2)9-12-41-24)35-26(21)37(27(23)38)15-20-7-10-42-28(20)45(39,40)30-31-8-11-43-30/h5-11,14-15,17-18,20-21,35H,4,12-13,16,19H2,1-3H3,(H,36,38,39);7-9,13-16,19,24,32H,4-6,10-12,17-18H2,1-3H3,(H,33,34,35);3-8,10-11,13-14,17,24H,9,12,15-16H2,1-2H3,(H,32,34,35). The second-order valence-corrected chi connectivity index (χ2v) is 45.7. The maximum atomic E-state index is 15.3. The van der Waals surface area contributed by atoms with Crippen molar-refractivity contribution in [2.45, 2.75) is 120 Å². The minimum absolute atomic E-state index is 0.00551. The van der Waals surface area contributed by atoms with E-state index in [1.165, 1.54) is 61.9 Å². The van der Waals surface area contributed by atoms with Crippen molar-refractivity contribution >= 4 is 184 Å². The number of likely N-dealkylation sites (tertiary alicyclic amines) is 1. The minimum atomic E-state index is -3.84. The van der Waals surface area contributed by atoms with Gasteiger partial charge in [-0.15, -0.1) is 45.3 Å². The number of thioether (sulfide) groups is 1. The van der Waals surface area contributed by atoms with Crippen LogP contribution in [0.4, 0.5) is 55.1 Å². The predicted molar refractivity (Wildman–Crippen MR) is 532 cm³/mol. The zero-order valence-electron chi connectivity index (χ0n) is 74.0. The highest BCUT2D eigenvalue weighted by molar-refractivity contribution is 7.99. The van der Waals surface area contributed by atoms with Gasteiger partial charge in [-0.05, 0) is 186 Å². The van der Waals surface area contributed by atoms with E-state index in [1.807, 2.05) is 96.6 Å². The molecule has 4 saturated heterocycles. The molecule has 0 spiro atoms. The second kappa shape index (κ2) is 40.6. The Morgan fingerprint density at radius 2 is 1.29 bits per heavy atom. The van der Waals surface area contributed by atoms with Crippen molar-refractivity contribution < 1.29 is 29.8 Å². The number of halogens is 2. The van der Waals surface area contributed by atoms with Crippen LogP contribution in [0.3, 0.4) is 0 Å². The van der Waals surface area contributed by atoms with Gasteiger partial charge in [-0.3, -0.25) is 37.2 Å². The number of benzene rings is 4. The third-order valence-corrected chi connectivity index (χ3v) is 36.0. The first kappa shape index (κ1) is 93.7. The molecule has 690 valence electrons. The first-order valence-corrected chi connectivity index (χ1v) is 53.1. The molecule has 0 amide bonds. The van der Waals surface area contributed by atoms with Crippen LogP contribution in [-0.2, 0) is 50.1 Å². The fraction of sp³-hybridized carbons (Fsp3) is 0.312. The lowest BCUT2D eigenvalue weighted by atomic mass is 9.96. The molecule has 4 aromatic carbocycles. The molecule has 5 atom stereocenters. The summed E-state index contributed by atoms with van der Waals surface area (Å²) in [7, 11) is -4.46. The molecular formula is C93H97F2N21O8S9. The average Bonchev–Trinajstić information content (AvgIpc) is 1.68. The molecule has 133 heavy (non-hydrogen) atoms. The van der Waals surface area contributed by atoms with Gasteiger partial charge in [-0.2, -0.15) is 31.1 Å². The fourth-order valence-corrected chi connectivity index (χ4v) is 27.2. The van der Waals surface area contributed by atoms with E-state index in [2.05, 4.69) is 115 Å². The van der Waals surface area contributed by atoms with Gasteiger partial charge in [-0.1, -0.05) is 55.5 Å². The molecule has 5 unspecified atom stereocenters. The summed E-state index contributed by atoms with van der Waals surface area (Å²) >= 11 is 7.97. The highest BCUT2D eigenvalue weighted by Crippen LogP contribution is 2.39. The van der Waals surface area contributed by atoms with Gasteiger partial charge in [0.1, 0.15) is 37.0 Å². The summed E-state index contributed by atoms with van der Waals surface area (Å²) in [6.07, 6.45) is 12.7. The Morgan fingerprint density at radius 1 is 0.639 bits per heavy atom. The number of nitrogens with zero attached hydrogens (tertiary/aromatic N) is 16. The van der Waals surface area contributed by atoms with E-state index in [4.69, 9.17) is 9.97 Å². The zero-order valence-corrected chi connectivity index (χ0v) is 81.4. The van der Waals surface area contributed by atoms with Gasteiger partial charge >= 0.3 is 0 Å². The van der Waals surface area contributed by atoms with Crippen LogP contribution < -0.4 is 53.1 Å². The van der Waals surface area contributed by atoms with E-state index < -0.39 is 41.3 Å². The van der Waals surface area contributed by atoms with Crippen LogP contribution in [0, 0.1) is 18.6 Å². The van der Waals surface area contributed by atoms with Gasteiger partial charge in [0, 0.05) is 189 Å². The van der Waals surface area contributed by atoms with Crippen molar-refractivity contribution in [3.05, 3.63) is 266 Å². The Kier molecular flexibility index (Phi) is 28.6. The van der Waals surface area contributed by atoms with Gasteiger partial charge < -0.3 is 41.3 Å². The molecule has 29 nitrogen and oxygen atoms in total. The maximum Gasteiger partial charge on any atom is 0.262 e. The quantitative estimate of drug-likeness (QED) is 0.0375. The molecule has 0 saturated carbocycles. The summed E-state index contributed by atoms with van der Waals surface area (Å²) in [5.41, 5.74) is 10.4. The summed E-state index contributed by atoms with van der Waals surface area (Å²) in [6.45, 7) is 21.2. The van der Waals surface area contributed by atoms with E-state index in [9.17, 15) is 35.4 Å². The van der Waals surface area contributed by atoms with Crippen molar-refractivity contribution in [2.75, 3.05) is 111 Å². The molecule has 0 bridgehead atoms. The van der Waals surface area contributed by atoms with Crippen LogP contribution in [0.25, 0.3) is 49.9 Å². The second-order valence-electron chi connectivity index (χ2n) is 33.3. The number of pyridine rings is 3. The third-order valence-electron chi connectivity index (χ3n) is 23.9. The molecular weight excluding hydrogens is 1870 g/mol. The predicted octanol–water partition coefficient (Wildman–Crippen LogP) is 15.8. The highest BCUT2D eigenvalue weighted by Gasteiger charge is 2.33. The maximum absolute atomic E-state index is 15.3. The van der Waals surface area contributed by atoms with Crippen molar-refractivity contribution in [1.29, 1.82) is 0 Å². The molecule has 15 aromatic rings. The first-order valence-electron chi connectivity index (χ1n) is 43.2. The van der Waals surface area contributed by atoms with E-state index in [1.54, 1.807) is 95.9 Å². The van der Waals surface area contributed by atoms with Crippen LogP contribution in [0.1, 0.15) is 101 Å². The van der Waals surface area contributed by atoms with Crippen molar-refractivity contribution in [2.24, 2.45) is 0 Å². The molecule has 4 fully saturated rings. The largest absolute Gasteiger partial charge is 0.366 e. The Morgan fingerprint density at radius 3 is 1.92 bits per heavy atom. The van der Waals surface area contributed by atoms with Gasteiger partial charge in [0.05, 0.1) is 68.7 Å². The Hall–Kier alpha value is -11.1. The number of fused-ring (bicyclic) bond motifs is 3. The number of rotatable bonds is 24. The molecule has 19 rings (SSSR count). The summed E-state index contributed by atoms with van der Waals surface area (Å²) in [5.74, 6) is 1.17. The van der Waals surface area contributed by atoms with Crippen LogP contribution in [0.5, 0.6) is 0 Å². The number of sulfone groups is 2. The smallest absolute Gasteiger partial charge is 0.262 e. The summed E-state index contributed by atoms with van der Waals surface area (Å²) in [5, 5.41) is 23.1. The summed E-state index contributed by atoms with van der Waals surface area (Å²) < 4.78 is 105. The number of piperazine rings is 2. The van der Waals surface area contributed by atoms with E-state index in [0.29, 0.717) is 102 Å².